The van der Waals surface area contributed by atoms with Gasteiger partial charge >= 0.3 is 5.97 Å². The number of hydrogen-bond donors (Lipinski definition) is 0. The predicted molar refractivity (Wildman–Crippen MR) is 60.4 cm³/mol. The molecule has 1 aliphatic heterocycles. The number of epoxide rings is 1. The second-order valence-electron chi connectivity index (χ2n) is 4.15. The van der Waals surface area contributed by atoms with E-state index in [0.717, 1.165) is 19.3 Å². The molecular formula is C12H20O5. The maximum absolute atomic E-state index is 11.7. The van der Waals surface area contributed by atoms with E-state index in [0.29, 0.717) is 26.1 Å². The topological polar surface area (TPSA) is 65.1 Å². The number of unbranched alkanes of at least 4 members (excludes halogenated alkanes) is 2. The molecule has 5 heteroatoms. The molecule has 0 aliphatic carbocycles. The first-order valence-corrected chi connectivity index (χ1v) is 6.07. The SMILES string of the molecule is CCOC(=O)C1(CCCCCOC=O)OC1C. The van der Waals surface area contributed by atoms with Gasteiger partial charge in [-0.15, -0.1) is 0 Å². The van der Waals surface area contributed by atoms with E-state index < -0.39 is 5.60 Å². The molecule has 17 heavy (non-hydrogen) atoms. The van der Waals surface area contributed by atoms with Crippen LogP contribution < -0.4 is 0 Å². The standard InChI is InChI=1S/C12H20O5/c1-3-16-11(14)12(10(2)17-12)7-5-4-6-8-15-9-13/h9-10H,3-8H2,1-2H3. The molecule has 0 aromatic carbocycles. The molecule has 2 atom stereocenters. The highest BCUT2D eigenvalue weighted by atomic mass is 16.7. The van der Waals surface area contributed by atoms with Crippen molar-refractivity contribution in [1.29, 1.82) is 0 Å². The summed E-state index contributed by atoms with van der Waals surface area (Å²) in [7, 11) is 0. The molecule has 0 aromatic heterocycles. The molecule has 1 heterocycles. The van der Waals surface area contributed by atoms with Crippen molar-refractivity contribution in [3.05, 3.63) is 0 Å². The lowest BCUT2D eigenvalue weighted by molar-refractivity contribution is -0.149. The first-order valence-electron chi connectivity index (χ1n) is 6.07. The minimum atomic E-state index is -0.707. The molecule has 0 bridgehead atoms. The van der Waals surface area contributed by atoms with Crippen molar-refractivity contribution in [1.82, 2.24) is 0 Å². The summed E-state index contributed by atoms with van der Waals surface area (Å²) in [5.74, 6) is -0.253. The third-order valence-electron chi connectivity index (χ3n) is 2.99. The Balaban J connectivity index is 2.19. The van der Waals surface area contributed by atoms with Crippen LogP contribution in [0.3, 0.4) is 0 Å². The van der Waals surface area contributed by atoms with Crippen LogP contribution in [-0.2, 0) is 23.8 Å². The molecule has 0 amide bonds. The van der Waals surface area contributed by atoms with Crippen LogP contribution in [0.1, 0.15) is 39.5 Å². The van der Waals surface area contributed by atoms with Gasteiger partial charge in [0.05, 0.1) is 19.3 Å². The highest BCUT2D eigenvalue weighted by Crippen LogP contribution is 2.42. The van der Waals surface area contributed by atoms with E-state index in [1.54, 1.807) is 6.92 Å². The van der Waals surface area contributed by atoms with Crippen molar-refractivity contribution in [2.75, 3.05) is 13.2 Å². The van der Waals surface area contributed by atoms with Crippen molar-refractivity contribution in [3.63, 3.8) is 0 Å². The monoisotopic (exact) mass is 244 g/mol. The lowest BCUT2D eigenvalue weighted by atomic mass is 9.98. The zero-order valence-corrected chi connectivity index (χ0v) is 10.4. The van der Waals surface area contributed by atoms with Crippen molar-refractivity contribution in [3.8, 4) is 0 Å². The maximum Gasteiger partial charge on any atom is 0.341 e. The number of ether oxygens (including phenoxy) is 3. The Labute approximate surface area is 101 Å². The van der Waals surface area contributed by atoms with Gasteiger partial charge in [-0.1, -0.05) is 0 Å². The second-order valence-corrected chi connectivity index (χ2v) is 4.15. The number of esters is 1. The van der Waals surface area contributed by atoms with Gasteiger partial charge in [-0.3, -0.25) is 4.79 Å². The molecule has 1 aliphatic rings. The summed E-state index contributed by atoms with van der Waals surface area (Å²) in [4.78, 5) is 21.6. The molecule has 0 radical (unpaired) electrons. The summed E-state index contributed by atoms with van der Waals surface area (Å²) in [6.45, 7) is 4.93. The van der Waals surface area contributed by atoms with Gasteiger partial charge in [0.2, 0.25) is 0 Å². The Kier molecular flexibility index (Phi) is 5.41. The molecule has 5 nitrogen and oxygen atoms in total. The lowest BCUT2D eigenvalue weighted by Gasteiger charge is -2.11. The number of carbonyl (C=O) groups excluding carboxylic acids is 2. The van der Waals surface area contributed by atoms with E-state index in [9.17, 15) is 9.59 Å². The van der Waals surface area contributed by atoms with Gasteiger partial charge in [-0.2, -0.15) is 0 Å². The lowest BCUT2D eigenvalue weighted by Crippen LogP contribution is -2.29. The van der Waals surface area contributed by atoms with Crippen LogP contribution in [-0.4, -0.2) is 37.4 Å². The van der Waals surface area contributed by atoms with Gasteiger partial charge in [0.25, 0.3) is 6.47 Å². The number of carbonyl (C=O) groups is 2. The minimum Gasteiger partial charge on any atom is -0.468 e. The van der Waals surface area contributed by atoms with Gasteiger partial charge in [-0.05, 0) is 39.5 Å². The molecule has 0 spiro atoms. The van der Waals surface area contributed by atoms with Crippen LogP contribution in [0.2, 0.25) is 0 Å². The third-order valence-corrected chi connectivity index (χ3v) is 2.99. The Morgan fingerprint density at radius 1 is 1.41 bits per heavy atom. The van der Waals surface area contributed by atoms with Crippen LogP contribution in [0.15, 0.2) is 0 Å². The molecule has 1 saturated heterocycles. The zero-order valence-electron chi connectivity index (χ0n) is 10.4. The Hall–Kier alpha value is -1.10. The molecule has 0 N–H and O–H groups in total. The number of rotatable bonds is 9. The summed E-state index contributed by atoms with van der Waals surface area (Å²) < 4.78 is 15.0. The summed E-state index contributed by atoms with van der Waals surface area (Å²) >= 11 is 0. The van der Waals surface area contributed by atoms with Crippen LogP contribution >= 0.6 is 0 Å². The number of hydrogen-bond acceptors (Lipinski definition) is 5. The van der Waals surface area contributed by atoms with Crippen LogP contribution in [0.4, 0.5) is 0 Å². The Morgan fingerprint density at radius 2 is 2.12 bits per heavy atom. The van der Waals surface area contributed by atoms with Gasteiger partial charge in [0.1, 0.15) is 0 Å². The predicted octanol–water partition coefficient (Wildman–Crippen LogP) is 1.44. The van der Waals surface area contributed by atoms with Crippen molar-refractivity contribution in [2.24, 2.45) is 0 Å². The largest absolute Gasteiger partial charge is 0.468 e. The summed E-state index contributed by atoms with van der Waals surface area (Å²) in [5.41, 5.74) is -0.707. The van der Waals surface area contributed by atoms with E-state index in [4.69, 9.17) is 9.47 Å². The molecule has 0 saturated carbocycles. The van der Waals surface area contributed by atoms with Crippen LogP contribution in [0.25, 0.3) is 0 Å². The third kappa shape index (κ3) is 3.70. The second kappa shape index (κ2) is 6.59. The minimum absolute atomic E-state index is 0.0484. The fourth-order valence-electron chi connectivity index (χ4n) is 1.91. The normalized spacial score (nSPS) is 26.4. The van der Waals surface area contributed by atoms with Crippen molar-refractivity contribution >= 4 is 12.4 Å². The van der Waals surface area contributed by atoms with E-state index in [1.165, 1.54) is 0 Å². The van der Waals surface area contributed by atoms with E-state index in [2.05, 4.69) is 4.74 Å². The molecular weight excluding hydrogens is 224 g/mol. The summed E-state index contributed by atoms with van der Waals surface area (Å²) in [5, 5.41) is 0. The highest BCUT2D eigenvalue weighted by Gasteiger charge is 2.60. The van der Waals surface area contributed by atoms with Gasteiger partial charge < -0.3 is 14.2 Å². The Morgan fingerprint density at radius 3 is 2.65 bits per heavy atom. The Bertz CT molecular complexity index is 266. The van der Waals surface area contributed by atoms with Gasteiger partial charge in [0, 0.05) is 0 Å². The average molecular weight is 244 g/mol. The fraction of sp³-hybridized carbons (Fsp3) is 0.833. The van der Waals surface area contributed by atoms with Crippen LogP contribution in [0.5, 0.6) is 0 Å². The quantitative estimate of drug-likeness (QED) is 0.266. The van der Waals surface area contributed by atoms with E-state index in [1.807, 2.05) is 6.92 Å². The van der Waals surface area contributed by atoms with E-state index in [-0.39, 0.29) is 12.1 Å². The molecule has 1 fully saturated rings. The first kappa shape index (κ1) is 14.0. The fourth-order valence-corrected chi connectivity index (χ4v) is 1.91. The first-order chi connectivity index (χ1) is 8.17. The van der Waals surface area contributed by atoms with Gasteiger partial charge in [0.15, 0.2) is 5.60 Å². The van der Waals surface area contributed by atoms with E-state index >= 15 is 0 Å². The molecule has 98 valence electrons. The maximum atomic E-state index is 11.7. The van der Waals surface area contributed by atoms with Gasteiger partial charge in [-0.25, -0.2) is 4.79 Å². The summed E-state index contributed by atoms with van der Waals surface area (Å²) in [6.07, 6.45) is 3.21. The highest BCUT2D eigenvalue weighted by molar-refractivity contribution is 5.83. The van der Waals surface area contributed by atoms with Crippen LogP contribution in [0, 0.1) is 0 Å². The van der Waals surface area contributed by atoms with Crippen molar-refractivity contribution < 1.29 is 23.8 Å². The molecule has 2 unspecified atom stereocenters. The van der Waals surface area contributed by atoms with Crippen molar-refractivity contribution in [2.45, 2.75) is 51.2 Å². The smallest absolute Gasteiger partial charge is 0.341 e. The molecule has 1 rings (SSSR count). The molecule has 0 aromatic rings. The average Bonchev–Trinajstić information content (AvgIpc) is 2.96. The summed E-state index contributed by atoms with van der Waals surface area (Å²) in [6, 6.07) is 0. The zero-order chi connectivity index (χ0) is 12.7.